The molecule has 0 aromatic carbocycles. The molecule has 2 aromatic rings. The van der Waals surface area contributed by atoms with Crippen LogP contribution < -0.4 is 15.8 Å². The van der Waals surface area contributed by atoms with Gasteiger partial charge in [0.1, 0.15) is 6.33 Å². The molecule has 0 amide bonds. The Balaban J connectivity index is 2.05. The van der Waals surface area contributed by atoms with Crippen molar-refractivity contribution in [2.24, 2.45) is 7.05 Å². The smallest absolute Gasteiger partial charge is 0.197 e. The first-order valence-electron chi connectivity index (χ1n) is 5.56. The third kappa shape index (κ3) is 2.89. The van der Waals surface area contributed by atoms with Gasteiger partial charge in [0.2, 0.25) is 0 Å². The molecule has 0 spiro atoms. The Bertz CT molecular complexity index is 520. The summed E-state index contributed by atoms with van der Waals surface area (Å²) >= 11 is 1.27. The van der Waals surface area contributed by atoms with E-state index in [-0.39, 0.29) is 6.10 Å². The summed E-state index contributed by atoms with van der Waals surface area (Å²) in [6.45, 7) is 4.40. The summed E-state index contributed by atoms with van der Waals surface area (Å²) in [7, 11) is 1.83. The van der Waals surface area contributed by atoms with E-state index in [1.807, 2.05) is 20.9 Å². The molecule has 0 aliphatic heterocycles. The Morgan fingerprint density at radius 2 is 2.33 bits per heavy atom. The standard InChI is InChI=1S/C10H16N6OS/c1-6(2)17-8-9(11)15-18-10(8)12-4-7-13-5-16(3)14-7/h5-6,12H,4H2,1-3H3,(H2,11,15). The normalized spacial score (nSPS) is 10.9. The van der Waals surface area contributed by atoms with Gasteiger partial charge in [0, 0.05) is 7.05 Å². The Morgan fingerprint density at radius 3 is 2.94 bits per heavy atom. The van der Waals surface area contributed by atoms with Gasteiger partial charge in [-0.05, 0) is 25.4 Å². The molecular formula is C10H16N6OS. The Hall–Kier alpha value is -1.83. The molecule has 2 heterocycles. The fourth-order valence-corrected chi connectivity index (χ4v) is 2.03. The van der Waals surface area contributed by atoms with E-state index in [4.69, 9.17) is 10.5 Å². The van der Waals surface area contributed by atoms with E-state index in [2.05, 4.69) is 19.8 Å². The van der Waals surface area contributed by atoms with Crippen molar-refractivity contribution in [3.05, 3.63) is 12.2 Å². The van der Waals surface area contributed by atoms with Crippen LogP contribution in [0.2, 0.25) is 0 Å². The number of hydrogen-bond acceptors (Lipinski definition) is 7. The van der Waals surface area contributed by atoms with Crippen LogP contribution >= 0.6 is 11.5 Å². The van der Waals surface area contributed by atoms with E-state index in [0.717, 1.165) is 5.00 Å². The number of aryl methyl sites for hydroxylation is 1. The lowest BCUT2D eigenvalue weighted by molar-refractivity contribution is 0.245. The lowest BCUT2D eigenvalue weighted by Crippen LogP contribution is -2.09. The summed E-state index contributed by atoms with van der Waals surface area (Å²) in [6.07, 6.45) is 1.71. The van der Waals surface area contributed by atoms with E-state index in [1.54, 1.807) is 11.0 Å². The zero-order chi connectivity index (χ0) is 13.1. The fourth-order valence-electron chi connectivity index (χ4n) is 1.38. The second-order valence-corrected chi connectivity index (χ2v) is 4.85. The van der Waals surface area contributed by atoms with Gasteiger partial charge in [-0.1, -0.05) is 0 Å². The average molecular weight is 268 g/mol. The number of nitrogen functional groups attached to an aromatic ring is 1. The van der Waals surface area contributed by atoms with Crippen LogP contribution in [-0.4, -0.2) is 25.2 Å². The second-order valence-electron chi connectivity index (χ2n) is 4.08. The van der Waals surface area contributed by atoms with Crippen molar-refractivity contribution in [1.29, 1.82) is 0 Å². The first-order chi connectivity index (χ1) is 8.56. The molecule has 0 atom stereocenters. The molecule has 0 aliphatic rings. The number of rotatable bonds is 5. The molecule has 18 heavy (non-hydrogen) atoms. The molecule has 0 saturated heterocycles. The molecular weight excluding hydrogens is 252 g/mol. The van der Waals surface area contributed by atoms with Gasteiger partial charge in [-0.15, -0.1) is 0 Å². The van der Waals surface area contributed by atoms with E-state index in [1.165, 1.54) is 11.5 Å². The van der Waals surface area contributed by atoms with Crippen LogP contribution in [0.5, 0.6) is 5.75 Å². The van der Waals surface area contributed by atoms with Crippen LogP contribution in [0, 0.1) is 0 Å². The number of nitrogens with two attached hydrogens (primary N) is 1. The highest BCUT2D eigenvalue weighted by Crippen LogP contribution is 2.35. The first-order valence-corrected chi connectivity index (χ1v) is 6.33. The summed E-state index contributed by atoms with van der Waals surface area (Å²) in [5, 5.41) is 8.16. The van der Waals surface area contributed by atoms with Crippen molar-refractivity contribution in [1.82, 2.24) is 19.1 Å². The maximum absolute atomic E-state index is 5.76. The van der Waals surface area contributed by atoms with Crippen LogP contribution in [-0.2, 0) is 13.6 Å². The Kier molecular flexibility index (Phi) is 3.66. The van der Waals surface area contributed by atoms with Crippen molar-refractivity contribution in [2.75, 3.05) is 11.1 Å². The number of nitrogens with zero attached hydrogens (tertiary/aromatic N) is 4. The predicted molar refractivity (Wildman–Crippen MR) is 70.6 cm³/mol. The van der Waals surface area contributed by atoms with Crippen LogP contribution in [0.1, 0.15) is 19.7 Å². The van der Waals surface area contributed by atoms with Crippen LogP contribution in [0.25, 0.3) is 0 Å². The summed E-state index contributed by atoms with van der Waals surface area (Å²) in [6, 6.07) is 0. The summed E-state index contributed by atoms with van der Waals surface area (Å²) in [5.74, 6) is 1.72. The largest absolute Gasteiger partial charge is 0.484 e. The van der Waals surface area contributed by atoms with Crippen molar-refractivity contribution in [2.45, 2.75) is 26.5 Å². The van der Waals surface area contributed by atoms with E-state index in [0.29, 0.717) is 23.9 Å². The van der Waals surface area contributed by atoms with E-state index in [9.17, 15) is 0 Å². The van der Waals surface area contributed by atoms with Crippen LogP contribution in [0.4, 0.5) is 10.8 Å². The molecule has 2 aromatic heterocycles. The molecule has 8 heteroatoms. The lowest BCUT2D eigenvalue weighted by Gasteiger charge is -2.10. The first kappa shape index (κ1) is 12.6. The highest BCUT2D eigenvalue weighted by Gasteiger charge is 2.14. The van der Waals surface area contributed by atoms with Gasteiger partial charge in [-0.3, -0.25) is 4.68 Å². The number of hydrogen-bond donors (Lipinski definition) is 2. The zero-order valence-corrected chi connectivity index (χ0v) is 11.4. The molecule has 0 unspecified atom stereocenters. The summed E-state index contributed by atoms with van der Waals surface area (Å²) < 4.78 is 11.4. The van der Waals surface area contributed by atoms with Crippen molar-refractivity contribution in [3.8, 4) is 5.75 Å². The molecule has 0 radical (unpaired) electrons. The second kappa shape index (κ2) is 5.21. The molecule has 2 rings (SSSR count). The van der Waals surface area contributed by atoms with Crippen molar-refractivity contribution < 1.29 is 4.74 Å². The molecule has 7 nitrogen and oxygen atoms in total. The monoisotopic (exact) mass is 268 g/mol. The van der Waals surface area contributed by atoms with Crippen molar-refractivity contribution >= 4 is 22.4 Å². The molecule has 98 valence electrons. The van der Waals surface area contributed by atoms with Gasteiger partial charge in [-0.25, -0.2) is 4.98 Å². The molecule has 0 bridgehead atoms. The zero-order valence-electron chi connectivity index (χ0n) is 10.5. The number of ether oxygens (including phenoxy) is 1. The maximum atomic E-state index is 5.76. The minimum absolute atomic E-state index is 0.0530. The summed E-state index contributed by atoms with van der Waals surface area (Å²) in [4.78, 5) is 4.13. The van der Waals surface area contributed by atoms with E-state index < -0.39 is 0 Å². The SMILES string of the molecule is CC(C)Oc1c(N)nsc1NCc1ncn(C)n1. The Labute approximate surface area is 109 Å². The maximum Gasteiger partial charge on any atom is 0.197 e. The van der Waals surface area contributed by atoms with Crippen LogP contribution in [0.15, 0.2) is 6.33 Å². The fraction of sp³-hybridized carbons (Fsp3) is 0.500. The lowest BCUT2D eigenvalue weighted by atomic mass is 10.4. The number of anilines is 2. The van der Waals surface area contributed by atoms with Crippen molar-refractivity contribution in [3.63, 3.8) is 0 Å². The van der Waals surface area contributed by atoms with Gasteiger partial charge in [0.15, 0.2) is 22.4 Å². The molecule has 0 fully saturated rings. The molecule has 0 aliphatic carbocycles. The highest BCUT2D eigenvalue weighted by molar-refractivity contribution is 7.11. The van der Waals surface area contributed by atoms with Gasteiger partial charge in [-0.2, -0.15) is 9.47 Å². The number of nitrogens with one attached hydrogen (secondary N) is 1. The third-order valence-corrected chi connectivity index (χ3v) is 2.88. The average Bonchev–Trinajstić information content (AvgIpc) is 2.85. The highest BCUT2D eigenvalue weighted by atomic mass is 32.1. The third-order valence-electron chi connectivity index (χ3n) is 2.08. The summed E-state index contributed by atoms with van der Waals surface area (Å²) in [5.41, 5.74) is 5.76. The molecule has 3 N–H and O–H groups in total. The number of aromatic nitrogens is 4. The quantitative estimate of drug-likeness (QED) is 0.848. The minimum atomic E-state index is 0.0530. The minimum Gasteiger partial charge on any atom is -0.484 e. The topological polar surface area (TPSA) is 90.9 Å². The van der Waals surface area contributed by atoms with Gasteiger partial charge >= 0.3 is 0 Å². The van der Waals surface area contributed by atoms with Gasteiger partial charge in [0.25, 0.3) is 0 Å². The van der Waals surface area contributed by atoms with Crippen LogP contribution in [0.3, 0.4) is 0 Å². The van der Waals surface area contributed by atoms with Gasteiger partial charge < -0.3 is 15.8 Å². The Morgan fingerprint density at radius 1 is 1.56 bits per heavy atom. The predicted octanol–water partition coefficient (Wildman–Crippen LogP) is 1.25. The van der Waals surface area contributed by atoms with E-state index >= 15 is 0 Å². The molecule has 0 saturated carbocycles. The van der Waals surface area contributed by atoms with Gasteiger partial charge in [0.05, 0.1) is 12.6 Å².